The van der Waals surface area contributed by atoms with E-state index in [-0.39, 0.29) is 33.2 Å². The normalized spacial score (nSPS) is 8.67. The van der Waals surface area contributed by atoms with Crippen LogP contribution in [0.15, 0.2) is 23.6 Å². The van der Waals surface area contributed by atoms with Crippen LogP contribution in [0.2, 0.25) is 0 Å². The zero-order valence-electron chi connectivity index (χ0n) is 6.59. The summed E-state index contributed by atoms with van der Waals surface area (Å²) in [5.41, 5.74) is 0.502. The summed E-state index contributed by atoms with van der Waals surface area (Å²) in [5.74, 6) is 0. The predicted octanol–water partition coefficient (Wildman–Crippen LogP) is 1.16. The van der Waals surface area contributed by atoms with Gasteiger partial charge in [-0.15, -0.1) is 6.58 Å². The third kappa shape index (κ3) is 3.02. The van der Waals surface area contributed by atoms with Gasteiger partial charge in [-0.3, -0.25) is 9.78 Å². The summed E-state index contributed by atoms with van der Waals surface area (Å²) in [4.78, 5) is 16.3. The fourth-order valence-electron chi connectivity index (χ4n) is 0.745. The van der Waals surface area contributed by atoms with E-state index >= 15 is 0 Å². The third-order valence-corrected chi connectivity index (χ3v) is 1.48. The van der Waals surface area contributed by atoms with E-state index in [1.165, 1.54) is 0 Å². The SMILES string of the molecule is C=CCc1c[nH]c(=S)[nH]c1=O.[Hg]. The molecule has 0 saturated carbocycles. The molecule has 0 aliphatic rings. The molecule has 0 bridgehead atoms. The van der Waals surface area contributed by atoms with Gasteiger partial charge in [0.05, 0.1) is 0 Å². The summed E-state index contributed by atoms with van der Waals surface area (Å²) >= 11 is 4.71. The molecule has 0 fully saturated rings. The zero-order chi connectivity index (χ0) is 8.27. The van der Waals surface area contributed by atoms with Crippen molar-refractivity contribution in [1.82, 2.24) is 9.97 Å². The number of aromatic nitrogens is 2. The molecule has 3 nitrogen and oxygen atoms in total. The van der Waals surface area contributed by atoms with Crippen LogP contribution in [0.5, 0.6) is 0 Å². The number of H-pyrrole nitrogens is 2. The minimum atomic E-state index is -0.145. The second kappa shape index (κ2) is 5.43. The molecule has 1 heterocycles. The molecule has 0 aliphatic heterocycles. The van der Waals surface area contributed by atoms with E-state index in [1.54, 1.807) is 12.3 Å². The second-order valence-corrected chi connectivity index (χ2v) is 2.50. The molecule has 0 spiro atoms. The van der Waals surface area contributed by atoms with Gasteiger partial charge in [0.2, 0.25) is 0 Å². The van der Waals surface area contributed by atoms with Crippen molar-refractivity contribution < 1.29 is 27.7 Å². The average Bonchev–Trinajstić information content (AvgIpc) is 1.95. The second-order valence-electron chi connectivity index (χ2n) is 2.09. The first-order valence-electron chi connectivity index (χ1n) is 3.16. The summed E-state index contributed by atoms with van der Waals surface area (Å²) < 4.78 is 0.350. The van der Waals surface area contributed by atoms with E-state index in [0.29, 0.717) is 16.8 Å². The molecule has 5 heteroatoms. The minimum Gasteiger partial charge on any atom is -0.338 e. The molecule has 60 valence electrons. The van der Waals surface area contributed by atoms with Gasteiger partial charge in [0, 0.05) is 39.4 Å². The summed E-state index contributed by atoms with van der Waals surface area (Å²) in [6.45, 7) is 3.53. The van der Waals surface area contributed by atoms with Gasteiger partial charge in [-0.05, 0) is 18.6 Å². The van der Waals surface area contributed by atoms with E-state index in [0.717, 1.165) is 0 Å². The van der Waals surface area contributed by atoms with E-state index in [4.69, 9.17) is 12.2 Å². The van der Waals surface area contributed by atoms with Crippen LogP contribution in [0, 0.1) is 4.77 Å². The van der Waals surface area contributed by atoms with Crippen LogP contribution in [-0.2, 0) is 34.1 Å². The smallest absolute Gasteiger partial charge is 0.255 e. The molecule has 0 aliphatic carbocycles. The minimum absolute atomic E-state index is 0. The fraction of sp³-hybridized carbons (Fsp3) is 0.143. The van der Waals surface area contributed by atoms with E-state index in [1.807, 2.05) is 0 Å². The first kappa shape index (κ1) is 11.8. The van der Waals surface area contributed by atoms with Crippen molar-refractivity contribution in [2.75, 3.05) is 0 Å². The van der Waals surface area contributed by atoms with E-state index in [9.17, 15) is 4.79 Å². The van der Waals surface area contributed by atoms with Crippen molar-refractivity contribution in [2.45, 2.75) is 6.42 Å². The first-order chi connectivity index (χ1) is 5.24. The summed E-state index contributed by atoms with van der Waals surface area (Å²) in [7, 11) is 0. The number of hydrogen-bond acceptors (Lipinski definition) is 2. The van der Waals surface area contributed by atoms with Crippen LogP contribution in [0.1, 0.15) is 5.56 Å². The molecule has 0 saturated heterocycles. The van der Waals surface area contributed by atoms with Crippen LogP contribution < -0.4 is 5.56 Å². The van der Waals surface area contributed by atoms with Crippen molar-refractivity contribution in [3.63, 3.8) is 0 Å². The van der Waals surface area contributed by atoms with E-state index in [2.05, 4.69) is 16.5 Å². The van der Waals surface area contributed by atoms with Gasteiger partial charge in [0.1, 0.15) is 0 Å². The van der Waals surface area contributed by atoms with E-state index < -0.39 is 0 Å². The van der Waals surface area contributed by atoms with Crippen molar-refractivity contribution in [3.8, 4) is 0 Å². The van der Waals surface area contributed by atoms with Crippen molar-refractivity contribution in [2.24, 2.45) is 0 Å². The number of aromatic amines is 2. The maximum absolute atomic E-state index is 11.0. The van der Waals surface area contributed by atoms with Gasteiger partial charge in [0.25, 0.3) is 5.56 Å². The summed E-state index contributed by atoms with van der Waals surface area (Å²) in [6.07, 6.45) is 3.83. The average molecular weight is 369 g/mol. The molecule has 2 N–H and O–H groups in total. The molecular formula is C7H8HgN2OS. The standard InChI is InChI=1S/C7H8N2OS.Hg/c1-2-3-5-4-8-7(11)9-6(5)10;/h2,4H,1,3H2,(H2,8,9,10,11);. The number of rotatable bonds is 2. The Balaban J connectivity index is 0.00000121. The Morgan fingerprint density at radius 2 is 2.33 bits per heavy atom. The number of hydrogen-bond donors (Lipinski definition) is 2. The number of allylic oxidation sites excluding steroid dienone is 1. The van der Waals surface area contributed by atoms with Crippen LogP contribution in [0.25, 0.3) is 0 Å². The van der Waals surface area contributed by atoms with Crippen molar-refractivity contribution in [3.05, 3.63) is 39.5 Å². The topological polar surface area (TPSA) is 48.6 Å². The fourth-order valence-corrected chi connectivity index (χ4v) is 0.896. The monoisotopic (exact) mass is 370 g/mol. The molecule has 0 unspecified atom stereocenters. The maximum atomic E-state index is 11.0. The Bertz CT molecular complexity index is 368. The van der Waals surface area contributed by atoms with Gasteiger partial charge in [-0.2, -0.15) is 0 Å². The van der Waals surface area contributed by atoms with Crippen LogP contribution >= 0.6 is 12.2 Å². The molecule has 12 heavy (non-hydrogen) atoms. The van der Waals surface area contributed by atoms with Gasteiger partial charge in [-0.1, -0.05) is 6.08 Å². The molecular weight excluding hydrogens is 361 g/mol. The Morgan fingerprint density at radius 3 is 2.83 bits per heavy atom. The van der Waals surface area contributed by atoms with Crippen LogP contribution in [-0.4, -0.2) is 9.97 Å². The molecule has 0 aromatic carbocycles. The third-order valence-electron chi connectivity index (χ3n) is 1.26. The van der Waals surface area contributed by atoms with Crippen molar-refractivity contribution in [1.29, 1.82) is 0 Å². The molecule has 0 amide bonds. The molecule has 0 radical (unpaired) electrons. The quantitative estimate of drug-likeness (QED) is 0.467. The van der Waals surface area contributed by atoms with Crippen molar-refractivity contribution >= 4 is 12.2 Å². The molecule has 1 rings (SSSR count). The van der Waals surface area contributed by atoms with Crippen LogP contribution in [0.3, 0.4) is 0 Å². The summed E-state index contributed by atoms with van der Waals surface area (Å²) in [6, 6.07) is 0. The molecule has 1 aromatic rings. The van der Waals surface area contributed by atoms with Gasteiger partial charge < -0.3 is 4.98 Å². The van der Waals surface area contributed by atoms with Gasteiger partial charge in [0.15, 0.2) is 4.77 Å². The van der Waals surface area contributed by atoms with Crippen LogP contribution in [0.4, 0.5) is 0 Å². The Kier molecular flexibility index (Phi) is 5.32. The predicted molar refractivity (Wildman–Crippen MR) is 46.1 cm³/mol. The molecule has 1 aromatic heterocycles. The molecule has 0 atom stereocenters. The largest absolute Gasteiger partial charge is 0.338 e. The number of nitrogens with one attached hydrogen (secondary N) is 2. The zero-order valence-corrected chi connectivity index (χ0v) is 12.9. The maximum Gasteiger partial charge on any atom is 0.255 e. The van der Waals surface area contributed by atoms with Gasteiger partial charge in [-0.25, -0.2) is 0 Å². The van der Waals surface area contributed by atoms with Gasteiger partial charge >= 0.3 is 0 Å². The Labute approximate surface area is 95.4 Å². The summed E-state index contributed by atoms with van der Waals surface area (Å²) in [5, 5.41) is 0. The Hall–Kier alpha value is -0.225. The Morgan fingerprint density at radius 1 is 1.67 bits per heavy atom. The first-order valence-corrected chi connectivity index (χ1v) is 3.56.